The summed E-state index contributed by atoms with van der Waals surface area (Å²) in [6, 6.07) is 15.5. The number of amides is 1. The number of carbonyl (C=O) groups excluding carboxylic acids is 1. The third-order valence-electron chi connectivity index (χ3n) is 5.69. The van der Waals surface area contributed by atoms with E-state index >= 15 is 0 Å². The van der Waals surface area contributed by atoms with Crippen LogP contribution in [0, 0.1) is 0 Å². The van der Waals surface area contributed by atoms with Crippen LogP contribution in [0.2, 0.25) is 5.02 Å². The first-order valence-electron chi connectivity index (χ1n) is 10.6. The maximum Gasteiger partial charge on any atom is 0.272 e. The lowest BCUT2D eigenvalue weighted by Crippen LogP contribution is -2.27. The molecule has 1 N–H and O–H groups in total. The summed E-state index contributed by atoms with van der Waals surface area (Å²) in [6.07, 6.45) is 3.96. The van der Waals surface area contributed by atoms with Crippen molar-refractivity contribution in [1.82, 2.24) is 29.9 Å². The zero-order valence-electron chi connectivity index (χ0n) is 17.1. The molecule has 0 saturated carbocycles. The minimum atomic E-state index is -0.176. The molecule has 5 rings (SSSR count). The average Bonchev–Trinajstić information content (AvgIpc) is 3.37. The normalized spacial score (nSPS) is 13.3. The van der Waals surface area contributed by atoms with Gasteiger partial charge < -0.3 is 9.88 Å². The molecule has 2 aromatic carbocycles. The van der Waals surface area contributed by atoms with Crippen molar-refractivity contribution < 1.29 is 4.79 Å². The Morgan fingerprint density at radius 1 is 1.06 bits per heavy atom. The standard InChI is InChI=1S/C23H23ClN6O/c24-17-10-8-16(9-11-17)15-30-19-6-2-1-5-18(19)22(28-30)23(31)25-13-12-21-27-26-20-7-3-4-14-29(20)21/h1-2,5-6,8-11H,3-4,7,12-15H2,(H,25,31). The van der Waals surface area contributed by atoms with Gasteiger partial charge in [-0.15, -0.1) is 10.2 Å². The lowest BCUT2D eigenvalue weighted by molar-refractivity contribution is 0.0949. The number of carbonyl (C=O) groups is 1. The predicted octanol–water partition coefficient (Wildman–Crippen LogP) is 3.64. The van der Waals surface area contributed by atoms with Crippen LogP contribution < -0.4 is 5.32 Å². The summed E-state index contributed by atoms with van der Waals surface area (Å²) in [5.41, 5.74) is 2.43. The van der Waals surface area contributed by atoms with E-state index in [1.165, 1.54) is 6.42 Å². The third-order valence-corrected chi connectivity index (χ3v) is 5.94. The lowest BCUT2D eigenvalue weighted by atomic mass is 10.1. The molecule has 0 atom stereocenters. The molecule has 1 aliphatic heterocycles. The molecule has 0 fully saturated rings. The second kappa shape index (κ2) is 8.51. The van der Waals surface area contributed by atoms with E-state index in [1.807, 2.05) is 53.2 Å². The van der Waals surface area contributed by atoms with E-state index in [4.69, 9.17) is 11.6 Å². The largest absolute Gasteiger partial charge is 0.350 e. The molecule has 2 aromatic heterocycles. The molecule has 4 aromatic rings. The van der Waals surface area contributed by atoms with Crippen molar-refractivity contribution in [2.45, 2.75) is 38.8 Å². The van der Waals surface area contributed by atoms with Crippen LogP contribution in [0.4, 0.5) is 0 Å². The van der Waals surface area contributed by atoms with Gasteiger partial charge >= 0.3 is 0 Å². The van der Waals surface area contributed by atoms with Crippen LogP contribution >= 0.6 is 11.6 Å². The molecule has 1 aliphatic rings. The quantitative estimate of drug-likeness (QED) is 0.502. The maximum absolute atomic E-state index is 12.9. The summed E-state index contributed by atoms with van der Waals surface area (Å²) in [5.74, 6) is 1.82. The van der Waals surface area contributed by atoms with E-state index < -0.39 is 0 Å². The monoisotopic (exact) mass is 434 g/mol. The Labute approximate surface area is 185 Å². The van der Waals surface area contributed by atoms with E-state index in [1.54, 1.807) is 0 Å². The highest BCUT2D eigenvalue weighted by Crippen LogP contribution is 2.20. The van der Waals surface area contributed by atoms with Gasteiger partial charge in [0.05, 0.1) is 12.1 Å². The second-order valence-electron chi connectivity index (χ2n) is 7.80. The summed E-state index contributed by atoms with van der Waals surface area (Å²) in [4.78, 5) is 12.9. The highest BCUT2D eigenvalue weighted by Gasteiger charge is 2.18. The second-order valence-corrected chi connectivity index (χ2v) is 8.23. The fourth-order valence-corrected chi connectivity index (χ4v) is 4.23. The third kappa shape index (κ3) is 4.05. The molecule has 0 aliphatic carbocycles. The van der Waals surface area contributed by atoms with Gasteiger partial charge in [-0.3, -0.25) is 9.48 Å². The summed E-state index contributed by atoms with van der Waals surface area (Å²) in [7, 11) is 0. The minimum Gasteiger partial charge on any atom is -0.350 e. The Morgan fingerprint density at radius 2 is 1.90 bits per heavy atom. The number of nitrogens with zero attached hydrogens (tertiary/aromatic N) is 5. The Morgan fingerprint density at radius 3 is 2.77 bits per heavy atom. The first kappa shape index (κ1) is 19.8. The SMILES string of the molecule is O=C(NCCc1nnc2n1CCCC2)c1nn(Cc2ccc(Cl)cc2)c2ccccc12. The fraction of sp³-hybridized carbons (Fsp3) is 0.304. The molecule has 0 radical (unpaired) electrons. The molecule has 158 valence electrons. The maximum atomic E-state index is 12.9. The predicted molar refractivity (Wildman–Crippen MR) is 119 cm³/mol. The van der Waals surface area contributed by atoms with Gasteiger partial charge in [0.15, 0.2) is 5.69 Å². The number of nitrogens with one attached hydrogen (secondary N) is 1. The first-order valence-corrected chi connectivity index (χ1v) is 11.0. The Bertz CT molecular complexity index is 1230. The van der Waals surface area contributed by atoms with Crippen LogP contribution in [-0.2, 0) is 25.9 Å². The van der Waals surface area contributed by atoms with Gasteiger partial charge in [0.25, 0.3) is 5.91 Å². The molecule has 0 bridgehead atoms. The number of aromatic nitrogens is 5. The number of fused-ring (bicyclic) bond motifs is 2. The number of hydrogen-bond acceptors (Lipinski definition) is 4. The van der Waals surface area contributed by atoms with Gasteiger partial charge in [-0.2, -0.15) is 5.10 Å². The van der Waals surface area contributed by atoms with Gasteiger partial charge in [-0.1, -0.05) is 41.9 Å². The van der Waals surface area contributed by atoms with Gasteiger partial charge in [0, 0.05) is 36.3 Å². The average molecular weight is 435 g/mol. The van der Waals surface area contributed by atoms with Crippen molar-refractivity contribution >= 4 is 28.4 Å². The van der Waals surface area contributed by atoms with Crippen molar-refractivity contribution in [2.24, 2.45) is 0 Å². The van der Waals surface area contributed by atoms with E-state index in [-0.39, 0.29) is 5.91 Å². The summed E-state index contributed by atoms with van der Waals surface area (Å²) < 4.78 is 4.05. The number of halogens is 1. The molecular formula is C23H23ClN6O. The fourth-order valence-electron chi connectivity index (χ4n) is 4.10. The summed E-state index contributed by atoms with van der Waals surface area (Å²) in [5, 5.41) is 17.8. The Hall–Kier alpha value is -3.19. The topological polar surface area (TPSA) is 77.6 Å². The van der Waals surface area contributed by atoms with Gasteiger partial charge in [-0.05, 0) is 36.6 Å². The van der Waals surface area contributed by atoms with Crippen LogP contribution in [0.15, 0.2) is 48.5 Å². The van der Waals surface area contributed by atoms with E-state index in [9.17, 15) is 4.79 Å². The smallest absolute Gasteiger partial charge is 0.272 e. The van der Waals surface area contributed by atoms with E-state index in [0.717, 1.165) is 47.5 Å². The summed E-state index contributed by atoms with van der Waals surface area (Å²) >= 11 is 5.99. The summed E-state index contributed by atoms with van der Waals surface area (Å²) in [6.45, 7) is 2.03. The van der Waals surface area contributed by atoms with Crippen LogP contribution in [-0.4, -0.2) is 37.0 Å². The molecular weight excluding hydrogens is 412 g/mol. The van der Waals surface area contributed by atoms with Crippen molar-refractivity contribution in [1.29, 1.82) is 0 Å². The number of para-hydroxylation sites is 1. The van der Waals surface area contributed by atoms with Crippen LogP contribution in [0.1, 0.15) is 40.5 Å². The van der Waals surface area contributed by atoms with E-state index in [0.29, 0.717) is 30.2 Å². The van der Waals surface area contributed by atoms with Gasteiger partial charge in [-0.25, -0.2) is 0 Å². The first-order chi connectivity index (χ1) is 15.2. The van der Waals surface area contributed by atoms with Crippen molar-refractivity contribution in [2.75, 3.05) is 6.54 Å². The molecule has 0 unspecified atom stereocenters. The number of rotatable bonds is 6. The van der Waals surface area contributed by atoms with Crippen LogP contribution in [0.3, 0.4) is 0 Å². The lowest BCUT2D eigenvalue weighted by Gasteiger charge is -2.14. The van der Waals surface area contributed by atoms with Crippen LogP contribution in [0.5, 0.6) is 0 Å². The molecule has 8 heteroatoms. The highest BCUT2D eigenvalue weighted by atomic mass is 35.5. The molecule has 3 heterocycles. The Kier molecular flexibility index (Phi) is 5.42. The zero-order valence-corrected chi connectivity index (χ0v) is 17.8. The molecule has 7 nitrogen and oxygen atoms in total. The van der Waals surface area contributed by atoms with Gasteiger partial charge in [0.1, 0.15) is 11.6 Å². The molecule has 0 saturated heterocycles. The van der Waals surface area contributed by atoms with E-state index in [2.05, 4.69) is 25.2 Å². The van der Waals surface area contributed by atoms with Crippen molar-refractivity contribution in [3.05, 3.63) is 76.5 Å². The Balaban J connectivity index is 1.31. The number of benzene rings is 2. The molecule has 31 heavy (non-hydrogen) atoms. The van der Waals surface area contributed by atoms with Crippen molar-refractivity contribution in [3.63, 3.8) is 0 Å². The zero-order chi connectivity index (χ0) is 21.2. The van der Waals surface area contributed by atoms with Crippen molar-refractivity contribution in [3.8, 4) is 0 Å². The van der Waals surface area contributed by atoms with Gasteiger partial charge in [0.2, 0.25) is 0 Å². The van der Waals surface area contributed by atoms with Crippen LogP contribution in [0.25, 0.3) is 10.9 Å². The molecule has 0 spiro atoms. The number of aryl methyl sites for hydroxylation is 1. The molecule has 1 amide bonds. The highest BCUT2D eigenvalue weighted by molar-refractivity contribution is 6.30. The number of hydrogen-bond donors (Lipinski definition) is 1. The minimum absolute atomic E-state index is 0.176.